The summed E-state index contributed by atoms with van der Waals surface area (Å²) in [5, 5.41) is 3.26. The number of aromatic amines is 1. The minimum absolute atomic E-state index is 0.670. The molecular formula is C9H17N3OS. The molecular weight excluding hydrogens is 198 g/mol. The second-order valence-corrected chi connectivity index (χ2v) is 4.86. The molecule has 0 spiro atoms. The Balaban J connectivity index is 2.07. The molecule has 0 aliphatic heterocycles. The summed E-state index contributed by atoms with van der Waals surface area (Å²) < 4.78 is 10.7. The average Bonchev–Trinajstić information content (AvgIpc) is 2.50. The van der Waals surface area contributed by atoms with Gasteiger partial charge in [0.2, 0.25) is 0 Å². The number of hydrogen-bond donors (Lipinski definition) is 2. The van der Waals surface area contributed by atoms with Crippen LogP contribution in [0.2, 0.25) is 0 Å². The smallest absolute Gasteiger partial charge is 0.103 e. The Morgan fingerprint density at radius 3 is 3.00 bits per heavy atom. The summed E-state index contributed by atoms with van der Waals surface area (Å²) in [7, 11) is -0.670. The molecule has 14 heavy (non-hydrogen) atoms. The number of nitrogens with one attached hydrogen (secondary N) is 2. The third-order valence-corrected chi connectivity index (χ3v) is 2.72. The molecule has 2 N–H and O–H groups in total. The molecule has 0 radical (unpaired) electrons. The highest BCUT2D eigenvalue weighted by molar-refractivity contribution is 7.84. The van der Waals surface area contributed by atoms with Gasteiger partial charge in [-0.1, -0.05) is 0 Å². The highest BCUT2D eigenvalue weighted by atomic mass is 32.2. The van der Waals surface area contributed by atoms with Gasteiger partial charge in [0.1, 0.15) is 5.82 Å². The van der Waals surface area contributed by atoms with Crippen molar-refractivity contribution in [2.75, 3.05) is 18.6 Å². The number of imidazole rings is 1. The fourth-order valence-electron chi connectivity index (χ4n) is 1.18. The van der Waals surface area contributed by atoms with Crippen LogP contribution in [0.1, 0.15) is 17.9 Å². The van der Waals surface area contributed by atoms with Gasteiger partial charge >= 0.3 is 0 Å². The van der Waals surface area contributed by atoms with E-state index in [1.165, 1.54) is 0 Å². The van der Waals surface area contributed by atoms with E-state index in [4.69, 9.17) is 0 Å². The first-order valence-corrected chi connectivity index (χ1v) is 6.42. The van der Waals surface area contributed by atoms with Crippen LogP contribution in [-0.4, -0.2) is 32.7 Å². The first-order chi connectivity index (χ1) is 6.68. The number of aryl methyl sites for hydroxylation is 1. The summed E-state index contributed by atoms with van der Waals surface area (Å²) >= 11 is 0. The summed E-state index contributed by atoms with van der Waals surface area (Å²) in [6, 6.07) is 0. The van der Waals surface area contributed by atoms with Gasteiger partial charge in [-0.3, -0.25) is 4.21 Å². The van der Waals surface area contributed by atoms with Crippen LogP contribution in [0.3, 0.4) is 0 Å². The van der Waals surface area contributed by atoms with E-state index in [1.807, 2.05) is 13.1 Å². The fourth-order valence-corrected chi connectivity index (χ4v) is 1.74. The molecule has 5 heteroatoms. The summed E-state index contributed by atoms with van der Waals surface area (Å²) in [6.07, 6.45) is 4.52. The molecule has 1 aromatic rings. The molecule has 0 saturated carbocycles. The van der Waals surface area contributed by atoms with Crippen LogP contribution in [0.15, 0.2) is 6.20 Å². The van der Waals surface area contributed by atoms with Gasteiger partial charge in [-0.2, -0.15) is 0 Å². The molecule has 1 heterocycles. The van der Waals surface area contributed by atoms with Crippen molar-refractivity contribution in [3.63, 3.8) is 0 Å². The van der Waals surface area contributed by atoms with Crippen molar-refractivity contribution in [2.45, 2.75) is 19.9 Å². The topological polar surface area (TPSA) is 57.8 Å². The molecule has 1 atom stereocenters. The maximum absolute atomic E-state index is 10.7. The van der Waals surface area contributed by atoms with E-state index in [0.717, 1.165) is 36.8 Å². The van der Waals surface area contributed by atoms with Crippen LogP contribution in [0.25, 0.3) is 0 Å². The standard InChI is InChI=1S/C9H17N3OS/c1-8-11-7-9(12-8)6-10-4-3-5-14(2)13/h7,10H,3-6H2,1-2H3,(H,11,12). The first-order valence-electron chi connectivity index (χ1n) is 4.69. The highest BCUT2D eigenvalue weighted by Crippen LogP contribution is 1.94. The Morgan fingerprint density at radius 2 is 2.43 bits per heavy atom. The lowest BCUT2D eigenvalue weighted by Gasteiger charge is -2.01. The Bertz CT molecular complexity index is 298. The van der Waals surface area contributed by atoms with E-state index in [9.17, 15) is 4.21 Å². The molecule has 0 aromatic carbocycles. The molecule has 0 bridgehead atoms. The van der Waals surface area contributed by atoms with Crippen molar-refractivity contribution in [1.29, 1.82) is 0 Å². The second-order valence-electron chi connectivity index (χ2n) is 3.30. The number of aromatic nitrogens is 2. The number of rotatable bonds is 6. The quantitative estimate of drug-likeness (QED) is 0.682. The molecule has 1 aromatic heterocycles. The molecule has 4 nitrogen and oxygen atoms in total. The number of H-pyrrole nitrogens is 1. The average molecular weight is 215 g/mol. The van der Waals surface area contributed by atoms with Gasteiger partial charge in [-0.15, -0.1) is 0 Å². The SMILES string of the molecule is Cc1ncc(CNCCCS(C)=O)[nH]1. The zero-order valence-corrected chi connectivity index (χ0v) is 9.49. The van der Waals surface area contributed by atoms with Crippen molar-refractivity contribution < 1.29 is 4.21 Å². The third kappa shape index (κ3) is 4.53. The van der Waals surface area contributed by atoms with E-state index in [-0.39, 0.29) is 0 Å². The van der Waals surface area contributed by atoms with Crippen LogP contribution < -0.4 is 5.32 Å². The van der Waals surface area contributed by atoms with Gasteiger partial charge < -0.3 is 10.3 Å². The summed E-state index contributed by atoms with van der Waals surface area (Å²) in [4.78, 5) is 7.24. The second kappa shape index (κ2) is 5.93. The van der Waals surface area contributed by atoms with E-state index in [0.29, 0.717) is 0 Å². The lowest BCUT2D eigenvalue weighted by molar-refractivity contribution is 0.656. The van der Waals surface area contributed by atoms with Crippen LogP contribution in [0.4, 0.5) is 0 Å². The Kier molecular flexibility index (Phi) is 4.82. The minimum Gasteiger partial charge on any atom is -0.345 e. The Labute approximate surface area is 87.0 Å². The predicted molar refractivity (Wildman–Crippen MR) is 58.6 cm³/mol. The molecule has 0 fully saturated rings. The zero-order valence-electron chi connectivity index (χ0n) is 8.67. The van der Waals surface area contributed by atoms with Gasteiger partial charge in [0.15, 0.2) is 0 Å². The van der Waals surface area contributed by atoms with Crippen molar-refractivity contribution >= 4 is 10.8 Å². The summed E-state index contributed by atoms with van der Waals surface area (Å²) in [5.74, 6) is 1.71. The van der Waals surface area contributed by atoms with Gasteiger partial charge in [-0.05, 0) is 19.9 Å². The van der Waals surface area contributed by atoms with Crippen LogP contribution in [0, 0.1) is 6.92 Å². The number of hydrogen-bond acceptors (Lipinski definition) is 3. The lowest BCUT2D eigenvalue weighted by atomic mass is 10.4. The van der Waals surface area contributed by atoms with Gasteiger partial charge in [-0.25, -0.2) is 4.98 Å². The van der Waals surface area contributed by atoms with Crippen molar-refractivity contribution in [3.8, 4) is 0 Å². The fraction of sp³-hybridized carbons (Fsp3) is 0.667. The predicted octanol–water partition coefficient (Wildman–Crippen LogP) is 0.576. The maximum Gasteiger partial charge on any atom is 0.103 e. The Hall–Kier alpha value is -0.680. The van der Waals surface area contributed by atoms with Gasteiger partial charge in [0.05, 0.1) is 0 Å². The molecule has 0 aliphatic rings. The minimum atomic E-state index is -0.670. The molecule has 1 unspecified atom stereocenters. The summed E-state index contributed by atoms with van der Waals surface area (Å²) in [5.41, 5.74) is 1.10. The molecule has 0 aliphatic carbocycles. The normalized spacial score (nSPS) is 13.0. The Morgan fingerprint density at radius 1 is 1.64 bits per heavy atom. The zero-order chi connectivity index (χ0) is 10.4. The summed E-state index contributed by atoms with van der Waals surface area (Å²) in [6.45, 7) is 3.64. The lowest BCUT2D eigenvalue weighted by Crippen LogP contribution is -2.16. The monoisotopic (exact) mass is 215 g/mol. The van der Waals surface area contributed by atoms with Crippen molar-refractivity contribution in [2.24, 2.45) is 0 Å². The molecule has 80 valence electrons. The molecule has 0 amide bonds. The maximum atomic E-state index is 10.7. The molecule has 1 rings (SSSR count). The largest absolute Gasteiger partial charge is 0.345 e. The van der Waals surface area contributed by atoms with E-state index < -0.39 is 10.8 Å². The van der Waals surface area contributed by atoms with Crippen LogP contribution in [-0.2, 0) is 17.3 Å². The molecule has 0 saturated heterocycles. The van der Waals surface area contributed by atoms with Gasteiger partial charge in [0, 0.05) is 41.2 Å². The van der Waals surface area contributed by atoms with E-state index in [1.54, 1.807) is 6.26 Å². The van der Waals surface area contributed by atoms with E-state index in [2.05, 4.69) is 15.3 Å². The number of nitrogens with zero attached hydrogens (tertiary/aromatic N) is 1. The van der Waals surface area contributed by atoms with Crippen molar-refractivity contribution in [1.82, 2.24) is 15.3 Å². The van der Waals surface area contributed by atoms with E-state index >= 15 is 0 Å². The van der Waals surface area contributed by atoms with Crippen molar-refractivity contribution in [3.05, 3.63) is 17.7 Å². The third-order valence-electron chi connectivity index (χ3n) is 1.86. The van der Waals surface area contributed by atoms with Crippen LogP contribution in [0.5, 0.6) is 0 Å². The highest BCUT2D eigenvalue weighted by Gasteiger charge is 1.96. The van der Waals surface area contributed by atoms with Crippen LogP contribution >= 0.6 is 0 Å². The first kappa shape index (κ1) is 11.4. The van der Waals surface area contributed by atoms with Gasteiger partial charge in [0.25, 0.3) is 0 Å².